The Balaban J connectivity index is -0.000000125. The zero-order chi connectivity index (χ0) is 5.15. The smallest absolute Gasteiger partial charge is 0.351 e. The summed E-state index contributed by atoms with van der Waals surface area (Å²) in [5, 5.41) is 16.3. The number of carbonyl (C=O) groups excluding carboxylic acids is 1. The van der Waals surface area contributed by atoms with Crippen molar-refractivity contribution in [2.75, 3.05) is 0 Å². The molecule has 0 bridgehead atoms. The molecule has 0 aromatic carbocycles. The molecule has 8 heavy (non-hydrogen) atoms. The standard InChI is InChI=1S/C2H2O4.Eu.H2O/c3-1(4)2(5)6;;/h(H,3,4)(H,5,6);;1H2/p-1. The fourth-order valence-corrected chi connectivity index (χ4v) is 0. The van der Waals surface area contributed by atoms with E-state index in [1.165, 1.54) is 0 Å². The van der Waals surface area contributed by atoms with E-state index in [9.17, 15) is 0 Å². The third kappa shape index (κ3) is 9.70. The molecule has 0 aliphatic rings. The van der Waals surface area contributed by atoms with Crippen molar-refractivity contribution in [3.05, 3.63) is 0 Å². The SMILES string of the molecule is O.O=C([O-])C(=O)O.[Eu]. The van der Waals surface area contributed by atoms with Crippen LogP contribution >= 0.6 is 0 Å². The summed E-state index contributed by atoms with van der Waals surface area (Å²) in [6.45, 7) is 0. The van der Waals surface area contributed by atoms with Crippen LogP contribution in [-0.2, 0) is 9.59 Å². The molecule has 49 valence electrons. The van der Waals surface area contributed by atoms with E-state index in [0.29, 0.717) is 0 Å². The molecule has 0 aromatic rings. The molecule has 1 radical (unpaired) electrons. The third-order valence-corrected chi connectivity index (χ3v) is 0.175. The normalized spacial score (nSPS) is 5.50. The molecule has 0 aliphatic heterocycles. The maximum atomic E-state index is 9.04. The number of carboxylic acids is 2. The first kappa shape index (κ1) is 15.8. The van der Waals surface area contributed by atoms with Crippen molar-refractivity contribution in [3.8, 4) is 0 Å². The Kier molecular flexibility index (Phi) is 14.8. The van der Waals surface area contributed by atoms with E-state index >= 15 is 0 Å². The summed E-state index contributed by atoms with van der Waals surface area (Å²) in [5.74, 6) is -4.01. The molecule has 3 N–H and O–H groups in total. The van der Waals surface area contributed by atoms with Crippen LogP contribution in [0.5, 0.6) is 0 Å². The summed E-state index contributed by atoms with van der Waals surface area (Å²) >= 11 is 0. The number of carboxylic acid groups (broad SMARTS) is 2. The Morgan fingerprint density at radius 1 is 1.38 bits per heavy atom. The number of hydrogen-bond acceptors (Lipinski definition) is 3. The van der Waals surface area contributed by atoms with Crippen LogP contribution in [0.15, 0.2) is 0 Å². The predicted octanol–water partition coefficient (Wildman–Crippen LogP) is -3.00. The Bertz CT molecular complexity index is 76.4. The van der Waals surface area contributed by atoms with Gasteiger partial charge in [-0.15, -0.1) is 0 Å². The third-order valence-electron chi connectivity index (χ3n) is 0.175. The second-order valence-corrected chi connectivity index (χ2v) is 0.593. The van der Waals surface area contributed by atoms with Gasteiger partial charge in [0, 0.05) is 49.4 Å². The van der Waals surface area contributed by atoms with Crippen molar-refractivity contribution in [2.45, 2.75) is 0 Å². The molecule has 0 fully saturated rings. The van der Waals surface area contributed by atoms with Crippen molar-refractivity contribution in [3.63, 3.8) is 0 Å². The van der Waals surface area contributed by atoms with Gasteiger partial charge in [0.1, 0.15) is 0 Å². The van der Waals surface area contributed by atoms with Crippen LogP contribution in [0.1, 0.15) is 0 Å². The van der Waals surface area contributed by atoms with E-state index in [1.54, 1.807) is 0 Å². The minimum absolute atomic E-state index is 0. The number of carbonyl (C=O) groups is 2. The largest absolute Gasteiger partial charge is 0.539 e. The molecule has 0 heterocycles. The second kappa shape index (κ2) is 7.48. The predicted molar refractivity (Wildman–Crippen MR) is 16.3 cm³/mol. The summed E-state index contributed by atoms with van der Waals surface area (Å²) in [7, 11) is 0. The summed E-state index contributed by atoms with van der Waals surface area (Å²) in [4.78, 5) is 18.0. The quantitative estimate of drug-likeness (QED) is 0.467. The van der Waals surface area contributed by atoms with Gasteiger partial charge in [-0.25, -0.2) is 4.79 Å². The van der Waals surface area contributed by atoms with Crippen molar-refractivity contribution in [1.82, 2.24) is 0 Å². The molecule has 0 saturated carbocycles. The van der Waals surface area contributed by atoms with Crippen molar-refractivity contribution in [2.24, 2.45) is 0 Å². The van der Waals surface area contributed by atoms with Crippen molar-refractivity contribution in [1.29, 1.82) is 0 Å². The molecule has 0 atom stereocenters. The van der Waals surface area contributed by atoms with E-state index in [4.69, 9.17) is 19.8 Å². The van der Waals surface area contributed by atoms with E-state index in [-0.39, 0.29) is 54.9 Å². The molecule has 0 spiro atoms. The zero-order valence-corrected chi connectivity index (χ0v) is 5.98. The molecule has 0 unspecified atom stereocenters. The minimum atomic E-state index is -2.07. The van der Waals surface area contributed by atoms with Crippen molar-refractivity contribution >= 4 is 11.9 Å². The maximum Gasteiger partial charge on any atom is 0.351 e. The van der Waals surface area contributed by atoms with E-state index in [2.05, 4.69) is 0 Å². The fraction of sp³-hybridized carbons (Fsp3) is 0. The van der Waals surface area contributed by atoms with E-state index in [0.717, 1.165) is 0 Å². The topological polar surface area (TPSA) is 109 Å². The van der Waals surface area contributed by atoms with Crippen LogP contribution in [0.2, 0.25) is 0 Å². The second-order valence-electron chi connectivity index (χ2n) is 0.593. The van der Waals surface area contributed by atoms with Crippen LogP contribution in [0.4, 0.5) is 0 Å². The van der Waals surface area contributed by atoms with Gasteiger partial charge in [0.25, 0.3) is 0 Å². The molecular formula is C2H3EuO5-. The molecule has 6 heteroatoms. The van der Waals surface area contributed by atoms with Gasteiger partial charge in [0.05, 0.1) is 0 Å². The van der Waals surface area contributed by atoms with Gasteiger partial charge in [0.15, 0.2) is 5.97 Å². The molecule has 0 amide bonds. The molecule has 0 rings (SSSR count). The van der Waals surface area contributed by atoms with Gasteiger partial charge in [-0.1, -0.05) is 0 Å². The summed E-state index contributed by atoms with van der Waals surface area (Å²) in [6.07, 6.45) is 0. The van der Waals surface area contributed by atoms with E-state index in [1.807, 2.05) is 0 Å². The first-order valence-electron chi connectivity index (χ1n) is 1.09. The van der Waals surface area contributed by atoms with Crippen LogP contribution in [0.25, 0.3) is 0 Å². The minimum Gasteiger partial charge on any atom is -0.539 e. The molecule has 0 saturated heterocycles. The summed E-state index contributed by atoms with van der Waals surface area (Å²) in [6, 6.07) is 0. The van der Waals surface area contributed by atoms with Crippen LogP contribution in [0, 0.1) is 49.4 Å². The average Bonchev–Trinajstić information content (AvgIpc) is 1.36. The maximum absolute atomic E-state index is 9.04. The number of hydrogen-bond donors (Lipinski definition) is 1. The van der Waals surface area contributed by atoms with Gasteiger partial charge in [0.2, 0.25) is 0 Å². The fourth-order valence-electron chi connectivity index (χ4n) is 0. The molecular weight excluding hydrogens is 256 g/mol. The zero-order valence-electron chi connectivity index (χ0n) is 3.55. The summed E-state index contributed by atoms with van der Waals surface area (Å²) in [5.41, 5.74) is 0. The average molecular weight is 259 g/mol. The van der Waals surface area contributed by atoms with Gasteiger partial charge in [-0.2, -0.15) is 0 Å². The van der Waals surface area contributed by atoms with Gasteiger partial charge in [-0.05, 0) is 0 Å². The number of aliphatic carboxylic acids is 2. The Labute approximate surface area is 85.5 Å². The van der Waals surface area contributed by atoms with Gasteiger partial charge >= 0.3 is 5.97 Å². The molecule has 0 aliphatic carbocycles. The number of rotatable bonds is 0. The Morgan fingerprint density at radius 3 is 1.50 bits per heavy atom. The van der Waals surface area contributed by atoms with Crippen LogP contribution in [0.3, 0.4) is 0 Å². The summed E-state index contributed by atoms with van der Waals surface area (Å²) < 4.78 is 0. The van der Waals surface area contributed by atoms with Crippen LogP contribution in [-0.4, -0.2) is 22.5 Å². The molecule has 5 nitrogen and oxygen atoms in total. The van der Waals surface area contributed by atoms with Crippen LogP contribution < -0.4 is 5.11 Å². The first-order chi connectivity index (χ1) is 2.64. The van der Waals surface area contributed by atoms with Crippen molar-refractivity contribution < 1.29 is 74.7 Å². The first-order valence-corrected chi connectivity index (χ1v) is 1.09. The Hall–Kier alpha value is 0.484. The molecule has 0 aromatic heterocycles. The van der Waals surface area contributed by atoms with E-state index < -0.39 is 11.9 Å². The monoisotopic (exact) mass is 260 g/mol. The Morgan fingerprint density at radius 2 is 1.50 bits per heavy atom. The van der Waals surface area contributed by atoms with Gasteiger partial charge in [-0.3, -0.25) is 0 Å². The van der Waals surface area contributed by atoms with Gasteiger partial charge < -0.3 is 20.5 Å².